The smallest absolute Gasteiger partial charge is 0.327 e. The fourth-order valence-corrected chi connectivity index (χ4v) is 4.47. The first-order valence-electron chi connectivity index (χ1n) is 7.35. The maximum atomic E-state index is 12.9. The number of likely N-dealkylation sites (N-methyl/N-ethyl adjacent to an activating group) is 1. The van der Waals surface area contributed by atoms with Gasteiger partial charge in [-0.15, -0.1) is 0 Å². The number of rotatable bonds is 7. The van der Waals surface area contributed by atoms with Crippen LogP contribution in [0, 0.1) is 0 Å². The molecule has 0 aliphatic carbocycles. The van der Waals surface area contributed by atoms with E-state index in [0.29, 0.717) is 0 Å². The molecule has 0 fully saturated rings. The van der Waals surface area contributed by atoms with Gasteiger partial charge in [0.1, 0.15) is 5.54 Å². The number of sulfonamides is 1. The van der Waals surface area contributed by atoms with Crippen molar-refractivity contribution in [2.24, 2.45) is 0 Å². The number of carbonyl (C=O) groups excluding carboxylic acids is 1. The van der Waals surface area contributed by atoms with Gasteiger partial charge in [-0.3, -0.25) is 4.79 Å². The summed E-state index contributed by atoms with van der Waals surface area (Å²) in [5, 5.41) is 0. The van der Waals surface area contributed by atoms with Crippen LogP contribution in [-0.2, 0) is 19.6 Å². The van der Waals surface area contributed by atoms with Crippen LogP contribution in [0.3, 0.4) is 0 Å². The fourth-order valence-electron chi connectivity index (χ4n) is 2.43. The Morgan fingerprint density at radius 2 is 1.74 bits per heavy atom. The Labute approximate surface area is 147 Å². The van der Waals surface area contributed by atoms with E-state index in [4.69, 9.17) is 4.74 Å². The molecule has 7 heteroatoms. The van der Waals surface area contributed by atoms with Crippen molar-refractivity contribution >= 4 is 31.9 Å². The molecule has 0 amide bonds. The predicted molar refractivity (Wildman–Crippen MR) is 94.1 cm³/mol. The maximum absolute atomic E-state index is 12.9. The monoisotopic (exact) mass is 405 g/mol. The number of halogens is 1. The minimum Gasteiger partial charge on any atom is -0.465 e. The second-order valence-electron chi connectivity index (χ2n) is 6.18. The van der Waals surface area contributed by atoms with Crippen molar-refractivity contribution < 1.29 is 17.9 Å². The number of benzene rings is 1. The zero-order valence-corrected chi connectivity index (χ0v) is 16.6. The summed E-state index contributed by atoms with van der Waals surface area (Å²) in [5.41, 5.74) is -1.32. The third kappa shape index (κ3) is 4.78. The van der Waals surface area contributed by atoms with Gasteiger partial charge in [0.25, 0.3) is 0 Å². The molecule has 0 bridgehead atoms. The molecule has 0 N–H and O–H groups in total. The van der Waals surface area contributed by atoms with E-state index in [1.165, 1.54) is 19.2 Å². The average molecular weight is 406 g/mol. The minimum absolute atomic E-state index is 0.144. The van der Waals surface area contributed by atoms with Gasteiger partial charge in [0.05, 0.1) is 11.5 Å². The molecule has 0 saturated carbocycles. The molecule has 1 aromatic carbocycles. The maximum Gasteiger partial charge on any atom is 0.327 e. The van der Waals surface area contributed by atoms with E-state index in [0.717, 1.165) is 4.31 Å². The van der Waals surface area contributed by atoms with Gasteiger partial charge in [0, 0.05) is 11.4 Å². The predicted octanol–water partition coefficient (Wildman–Crippen LogP) is 3.19. The lowest BCUT2D eigenvalue weighted by molar-refractivity contribution is -0.154. The van der Waals surface area contributed by atoms with Gasteiger partial charge >= 0.3 is 5.97 Å². The first kappa shape index (κ1) is 20.1. The molecule has 1 atom stereocenters. The highest BCUT2D eigenvalue weighted by molar-refractivity contribution is 9.10. The third-order valence-electron chi connectivity index (χ3n) is 3.58. The Hall–Kier alpha value is -0.920. The molecule has 5 nitrogen and oxygen atoms in total. The molecule has 1 aromatic rings. The zero-order valence-electron chi connectivity index (χ0n) is 14.2. The summed E-state index contributed by atoms with van der Waals surface area (Å²) in [5.74, 6) is -0.561. The van der Waals surface area contributed by atoms with Gasteiger partial charge in [-0.05, 0) is 46.2 Å². The summed E-state index contributed by atoms with van der Waals surface area (Å²) < 4.78 is 31.6. The van der Waals surface area contributed by atoms with E-state index in [1.807, 2.05) is 13.8 Å². The molecule has 0 saturated heterocycles. The van der Waals surface area contributed by atoms with Crippen LogP contribution in [0.5, 0.6) is 0 Å². The van der Waals surface area contributed by atoms with Crippen LogP contribution in [0.2, 0.25) is 0 Å². The van der Waals surface area contributed by atoms with Crippen molar-refractivity contribution in [3.05, 3.63) is 30.3 Å². The van der Waals surface area contributed by atoms with Crippen LogP contribution in [-0.4, -0.2) is 42.2 Å². The highest BCUT2D eigenvalue weighted by Crippen LogP contribution is 2.35. The van der Waals surface area contributed by atoms with Crippen molar-refractivity contribution in [3.8, 4) is 0 Å². The van der Waals surface area contributed by atoms with Crippen molar-refractivity contribution in [2.75, 3.05) is 13.7 Å². The molecule has 130 valence electrons. The molecule has 0 radical (unpaired) electrons. The van der Waals surface area contributed by atoms with Gasteiger partial charge in [-0.2, -0.15) is 4.31 Å². The van der Waals surface area contributed by atoms with E-state index >= 15 is 0 Å². The number of esters is 1. The molecule has 0 aliphatic heterocycles. The molecular formula is C16H24BrNO4S. The van der Waals surface area contributed by atoms with E-state index in [-0.39, 0.29) is 17.9 Å². The molecular weight excluding hydrogens is 382 g/mol. The number of hydrogen-bond donors (Lipinski definition) is 0. The average Bonchev–Trinajstić information content (AvgIpc) is 2.45. The van der Waals surface area contributed by atoms with Gasteiger partial charge in [-0.1, -0.05) is 34.1 Å². The molecule has 0 spiro atoms. The standard InChI is InChI=1S/C16H24BrNO4S/c1-6-22-14(19)16(4,12-15(2,3)17)18(5)23(20,21)13-10-8-7-9-11-13/h7-11H,6,12H2,1-5H3/t16-/m0/s1. The number of ether oxygens (including phenoxy) is 1. The van der Waals surface area contributed by atoms with E-state index in [1.54, 1.807) is 32.0 Å². The summed E-state index contributed by atoms with van der Waals surface area (Å²) in [6, 6.07) is 8.06. The van der Waals surface area contributed by atoms with Crippen LogP contribution in [0.15, 0.2) is 35.2 Å². The topological polar surface area (TPSA) is 63.7 Å². The number of hydrogen-bond acceptors (Lipinski definition) is 4. The van der Waals surface area contributed by atoms with Gasteiger partial charge < -0.3 is 4.74 Å². The summed E-state index contributed by atoms with van der Waals surface area (Å²) in [4.78, 5) is 12.7. The Morgan fingerprint density at radius 3 is 2.17 bits per heavy atom. The lowest BCUT2D eigenvalue weighted by atomic mass is 9.91. The number of nitrogens with zero attached hydrogens (tertiary/aromatic N) is 1. The van der Waals surface area contributed by atoms with Crippen LogP contribution < -0.4 is 0 Å². The summed E-state index contributed by atoms with van der Waals surface area (Å²) in [7, 11) is -2.41. The second kappa shape index (κ2) is 7.32. The lowest BCUT2D eigenvalue weighted by Crippen LogP contribution is -2.56. The van der Waals surface area contributed by atoms with Gasteiger partial charge in [0.2, 0.25) is 10.0 Å². The van der Waals surface area contributed by atoms with Gasteiger partial charge in [-0.25, -0.2) is 8.42 Å². The van der Waals surface area contributed by atoms with Crippen LogP contribution in [0.25, 0.3) is 0 Å². The number of alkyl halides is 1. The molecule has 1 rings (SSSR count). The molecule has 0 aliphatic rings. The largest absolute Gasteiger partial charge is 0.465 e. The first-order valence-corrected chi connectivity index (χ1v) is 9.58. The second-order valence-corrected chi connectivity index (χ2v) is 10.3. The lowest BCUT2D eigenvalue weighted by Gasteiger charge is -2.39. The Balaban J connectivity index is 3.34. The van der Waals surface area contributed by atoms with E-state index in [9.17, 15) is 13.2 Å². The van der Waals surface area contributed by atoms with Gasteiger partial charge in [0.15, 0.2) is 0 Å². The summed E-state index contributed by atoms with van der Waals surface area (Å²) in [6.07, 6.45) is 0.265. The van der Waals surface area contributed by atoms with E-state index in [2.05, 4.69) is 15.9 Å². The highest BCUT2D eigenvalue weighted by Gasteiger charge is 2.47. The van der Waals surface area contributed by atoms with E-state index < -0.39 is 25.9 Å². The first-order chi connectivity index (χ1) is 10.4. The third-order valence-corrected chi connectivity index (χ3v) is 5.85. The van der Waals surface area contributed by atoms with Crippen molar-refractivity contribution in [3.63, 3.8) is 0 Å². The molecule has 0 unspecified atom stereocenters. The molecule has 0 heterocycles. The summed E-state index contributed by atoms with van der Waals surface area (Å²) in [6.45, 7) is 7.25. The zero-order chi connectivity index (χ0) is 17.9. The Morgan fingerprint density at radius 1 is 1.22 bits per heavy atom. The number of carbonyl (C=O) groups is 1. The van der Waals surface area contributed by atoms with Crippen molar-refractivity contribution in [1.29, 1.82) is 0 Å². The molecule has 23 heavy (non-hydrogen) atoms. The Kier molecular flexibility index (Phi) is 6.40. The van der Waals surface area contributed by atoms with Crippen LogP contribution >= 0.6 is 15.9 Å². The SMILES string of the molecule is CCOC(=O)[C@](C)(CC(C)(C)Br)N(C)S(=O)(=O)c1ccccc1. The Bertz CT molecular complexity index is 640. The van der Waals surface area contributed by atoms with Crippen molar-refractivity contribution in [1.82, 2.24) is 4.31 Å². The van der Waals surface area contributed by atoms with Crippen molar-refractivity contribution in [2.45, 2.75) is 48.9 Å². The van der Waals surface area contributed by atoms with Crippen LogP contribution in [0.4, 0.5) is 0 Å². The minimum atomic E-state index is -3.82. The highest BCUT2D eigenvalue weighted by atomic mass is 79.9. The normalized spacial score (nSPS) is 15.3. The fraction of sp³-hybridized carbons (Fsp3) is 0.562. The quantitative estimate of drug-likeness (QED) is 0.515. The summed E-state index contributed by atoms with van der Waals surface area (Å²) >= 11 is 3.50. The van der Waals surface area contributed by atoms with Crippen LogP contribution in [0.1, 0.15) is 34.1 Å². The molecule has 0 aromatic heterocycles.